The number of aryl methyl sites for hydroxylation is 1. The number of nitrogens with zero attached hydrogens (tertiary/aromatic N) is 1. The van der Waals surface area contributed by atoms with Crippen LogP contribution in [0.5, 0.6) is 0 Å². The lowest BCUT2D eigenvalue weighted by atomic mass is 9.99. The zero-order valence-corrected chi connectivity index (χ0v) is 9.38. The van der Waals surface area contributed by atoms with Gasteiger partial charge in [0.05, 0.1) is 5.69 Å². The Morgan fingerprint density at radius 3 is 3.07 bits per heavy atom. The van der Waals surface area contributed by atoms with Crippen LogP contribution in [0.3, 0.4) is 0 Å². The summed E-state index contributed by atoms with van der Waals surface area (Å²) in [5.74, 6) is 0. The number of hydrazine groups is 1. The molecule has 1 atom stereocenters. The van der Waals surface area contributed by atoms with Crippen molar-refractivity contribution in [1.82, 2.24) is 0 Å². The summed E-state index contributed by atoms with van der Waals surface area (Å²) in [5, 5.41) is 0. The molecule has 0 saturated carbocycles. The fourth-order valence-electron chi connectivity index (χ4n) is 2.70. The van der Waals surface area contributed by atoms with Crippen molar-refractivity contribution in [2.45, 2.75) is 39.2 Å². The zero-order chi connectivity index (χ0) is 10.4. The summed E-state index contributed by atoms with van der Waals surface area (Å²) in [6.45, 7) is 4.39. The van der Waals surface area contributed by atoms with E-state index in [4.69, 9.17) is 0 Å². The van der Waals surface area contributed by atoms with Gasteiger partial charge in [-0.05, 0) is 18.6 Å². The maximum Gasteiger partial charge on any atom is 0.186 e. The summed E-state index contributed by atoms with van der Waals surface area (Å²) in [4.78, 5) is 0. The summed E-state index contributed by atoms with van der Waals surface area (Å²) >= 11 is 0. The molecule has 2 nitrogen and oxygen atoms in total. The van der Waals surface area contributed by atoms with Gasteiger partial charge in [0.1, 0.15) is 0 Å². The van der Waals surface area contributed by atoms with Crippen LogP contribution in [-0.4, -0.2) is 16.4 Å². The van der Waals surface area contributed by atoms with E-state index in [1.165, 1.54) is 41.8 Å². The van der Waals surface area contributed by atoms with Gasteiger partial charge in [0.15, 0.2) is 11.8 Å². The van der Waals surface area contributed by atoms with Crippen LogP contribution in [0.4, 0.5) is 5.69 Å². The van der Waals surface area contributed by atoms with Crippen LogP contribution in [0.15, 0.2) is 18.2 Å². The summed E-state index contributed by atoms with van der Waals surface area (Å²) in [6, 6.07) is 7.37. The van der Waals surface area contributed by atoms with Crippen molar-refractivity contribution < 1.29 is 4.68 Å². The number of nitrogens with one attached hydrogen (secondary N) is 1. The Labute approximate surface area is 90.6 Å². The van der Waals surface area contributed by atoms with Crippen LogP contribution in [0.1, 0.15) is 30.9 Å². The zero-order valence-electron chi connectivity index (χ0n) is 9.38. The minimum atomic E-state index is 0.680. The van der Waals surface area contributed by atoms with Crippen LogP contribution in [0, 0.1) is 6.92 Å². The number of anilines is 1. The average molecular weight is 201 g/mol. The van der Waals surface area contributed by atoms with Crippen molar-refractivity contribution in [3.63, 3.8) is 0 Å². The van der Waals surface area contributed by atoms with E-state index in [9.17, 15) is 0 Å². The SMILES string of the molecule is CC1=[N+]2Nc3ccc(C)cc3CC2CC1. The summed E-state index contributed by atoms with van der Waals surface area (Å²) < 4.78 is 2.36. The molecule has 0 radical (unpaired) electrons. The molecule has 2 heterocycles. The number of hydrogen-bond donors (Lipinski definition) is 1. The Balaban J connectivity index is 2.05. The molecule has 1 aromatic rings. The molecule has 1 unspecified atom stereocenters. The van der Waals surface area contributed by atoms with Gasteiger partial charge in [-0.25, -0.2) is 0 Å². The van der Waals surface area contributed by atoms with Crippen molar-refractivity contribution in [1.29, 1.82) is 0 Å². The molecule has 0 amide bonds. The van der Waals surface area contributed by atoms with Crippen molar-refractivity contribution in [2.75, 3.05) is 5.43 Å². The van der Waals surface area contributed by atoms with Crippen molar-refractivity contribution in [3.05, 3.63) is 29.3 Å². The number of hydrazone groups is 1. The molecule has 1 N–H and O–H groups in total. The maximum absolute atomic E-state index is 3.53. The molecular weight excluding hydrogens is 184 g/mol. The van der Waals surface area contributed by atoms with E-state index in [2.05, 4.69) is 42.2 Å². The van der Waals surface area contributed by atoms with Crippen LogP contribution in [0.2, 0.25) is 0 Å². The van der Waals surface area contributed by atoms with Gasteiger partial charge in [0.2, 0.25) is 0 Å². The van der Waals surface area contributed by atoms with Gasteiger partial charge < -0.3 is 0 Å². The third kappa shape index (κ3) is 1.36. The molecule has 1 aromatic carbocycles. The predicted octanol–water partition coefficient (Wildman–Crippen LogP) is 2.51. The van der Waals surface area contributed by atoms with Crippen molar-refractivity contribution in [3.8, 4) is 0 Å². The van der Waals surface area contributed by atoms with E-state index in [1.807, 2.05) is 0 Å². The van der Waals surface area contributed by atoms with Crippen molar-refractivity contribution >= 4 is 11.4 Å². The van der Waals surface area contributed by atoms with Gasteiger partial charge in [0, 0.05) is 26.2 Å². The lowest BCUT2D eigenvalue weighted by molar-refractivity contribution is -0.532. The minimum Gasteiger partial charge on any atom is -0.166 e. The second kappa shape index (κ2) is 3.09. The smallest absolute Gasteiger partial charge is 0.166 e. The standard InChI is InChI=1S/C13H17N2/c1-9-3-6-13-11(7-9)8-12-5-4-10(2)15(12)14-13/h3,6-7,12,14H,4-5,8H2,1-2H3/q+1. The lowest BCUT2D eigenvalue weighted by Crippen LogP contribution is -2.35. The first-order chi connectivity index (χ1) is 7.24. The summed E-state index contributed by atoms with van der Waals surface area (Å²) in [7, 11) is 0. The second-order valence-electron chi connectivity index (χ2n) is 4.77. The van der Waals surface area contributed by atoms with E-state index in [-0.39, 0.29) is 0 Å². The van der Waals surface area contributed by atoms with E-state index >= 15 is 0 Å². The number of hydrogen-bond acceptors (Lipinski definition) is 1. The molecule has 0 saturated heterocycles. The molecule has 0 spiro atoms. The van der Waals surface area contributed by atoms with E-state index in [0.29, 0.717) is 6.04 Å². The monoisotopic (exact) mass is 201 g/mol. The number of rotatable bonds is 0. The van der Waals surface area contributed by atoms with Crippen molar-refractivity contribution in [2.24, 2.45) is 0 Å². The van der Waals surface area contributed by atoms with E-state index in [0.717, 1.165) is 0 Å². The fraction of sp³-hybridized carbons (Fsp3) is 0.462. The Morgan fingerprint density at radius 1 is 1.33 bits per heavy atom. The molecule has 2 aliphatic heterocycles. The average Bonchev–Trinajstić information content (AvgIpc) is 2.57. The minimum absolute atomic E-state index is 0.680. The van der Waals surface area contributed by atoms with Gasteiger partial charge >= 0.3 is 0 Å². The molecule has 3 rings (SSSR count). The Hall–Kier alpha value is -1.31. The number of fused-ring (bicyclic) bond motifs is 2. The molecule has 0 fully saturated rings. The molecule has 2 aliphatic rings. The molecule has 2 heteroatoms. The molecular formula is C13H17N2+. The van der Waals surface area contributed by atoms with Gasteiger partial charge in [-0.3, -0.25) is 0 Å². The highest BCUT2D eigenvalue weighted by atomic mass is 15.5. The summed E-state index contributed by atoms with van der Waals surface area (Å²) in [6.07, 6.45) is 3.73. The quantitative estimate of drug-likeness (QED) is 0.637. The first-order valence-electron chi connectivity index (χ1n) is 5.72. The lowest BCUT2D eigenvalue weighted by Gasteiger charge is -2.20. The highest BCUT2D eigenvalue weighted by Crippen LogP contribution is 2.28. The molecule has 0 bridgehead atoms. The second-order valence-corrected chi connectivity index (χ2v) is 4.77. The Bertz CT molecular complexity index is 446. The highest BCUT2D eigenvalue weighted by Gasteiger charge is 2.35. The van der Waals surface area contributed by atoms with Crippen LogP contribution in [-0.2, 0) is 6.42 Å². The molecule has 78 valence electrons. The maximum atomic E-state index is 3.53. The largest absolute Gasteiger partial charge is 0.186 e. The Kier molecular flexibility index (Phi) is 1.84. The van der Waals surface area contributed by atoms with Gasteiger partial charge in [-0.1, -0.05) is 17.7 Å². The van der Waals surface area contributed by atoms with E-state index in [1.54, 1.807) is 0 Å². The van der Waals surface area contributed by atoms with Crippen LogP contribution in [0.25, 0.3) is 0 Å². The normalized spacial score (nSPS) is 23.5. The molecule has 15 heavy (non-hydrogen) atoms. The van der Waals surface area contributed by atoms with Crippen LogP contribution >= 0.6 is 0 Å². The fourth-order valence-corrected chi connectivity index (χ4v) is 2.70. The van der Waals surface area contributed by atoms with Gasteiger partial charge in [-0.15, -0.1) is 4.68 Å². The highest BCUT2D eigenvalue weighted by molar-refractivity contribution is 5.78. The van der Waals surface area contributed by atoms with Gasteiger partial charge in [-0.2, -0.15) is 5.43 Å². The number of benzene rings is 1. The first-order valence-corrected chi connectivity index (χ1v) is 5.72. The third-order valence-electron chi connectivity index (χ3n) is 3.57. The van der Waals surface area contributed by atoms with E-state index < -0.39 is 0 Å². The molecule has 0 aromatic heterocycles. The molecule has 0 aliphatic carbocycles. The predicted molar refractivity (Wildman–Crippen MR) is 62.5 cm³/mol. The Morgan fingerprint density at radius 2 is 2.20 bits per heavy atom. The summed E-state index contributed by atoms with van der Waals surface area (Å²) in [5.41, 5.74) is 9.14. The topological polar surface area (TPSA) is 15.0 Å². The first kappa shape index (κ1) is 8.96. The van der Waals surface area contributed by atoms with Crippen LogP contribution < -0.4 is 5.43 Å². The third-order valence-corrected chi connectivity index (χ3v) is 3.57. The van der Waals surface area contributed by atoms with Gasteiger partial charge in [0.25, 0.3) is 0 Å².